The second-order valence-corrected chi connectivity index (χ2v) is 6.04. The van der Waals surface area contributed by atoms with Gasteiger partial charge in [0, 0.05) is 17.6 Å². The molecule has 0 spiro atoms. The summed E-state index contributed by atoms with van der Waals surface area (Å²) in [5.41, 5.74) is 0.395. The van der Waals surface area contributed by atoms with Crippen LogP contribution in [0.25, 0.3) is 0 Å². The highest BCUT2D eigenvalue weighted by Crippen LogP contribution is 2.42. The van der Waals surface area contributed by atoms with Gasteiger partial charge in [-0.3, -0.25) is 4.90 Å². The fourth-order valence-corrected chi connectivity index (χ4v) is 3.54. The van der Waals surface area contributed by atoms with Gasteiger partial charge in [0.15, 0.2) is 0 Å². The molecule has 2 fully saturated rings. The molecule has 2 rings (SSSR count). The minimum Gasteiger partial charge on any atom is -0.293 e. The van der Waals surface area contributed by atoms with Crippen molar-refractivity contribution in [3.05, 3.63) is 0 Å². The van der Waals surface area contributed by atoms with Gasteiger partial charge in [0.1, 0.15) is 0 Å². The standard InChI is InChI=1S/C12H23N/c1-9-7-10-5-6-11(8-9)13(10)12(2,3)4/h9-11H,5-8H2,1-4H3/t9-,10+,11?/m0/s1. The van der Waals surface area contributed by atoms with Crippen molar-refractivity contribution >= 4 is 0 Å². The largest absolute Gasteiger partial charge is 0.293 e. The number of nitrogens with zero attached hydrogens (tertiary/aromatic N) is 1. The van der Waals surface area contributed by atoms with Crippen molar-refractivity contribution in [3.63, 3.8) is 0 Å². The zero-order chi connectivity index (χ0) is 9.64. The molecule has 2 aliphatic rings. The molecule has 0 radical (unpaired) electrons. The van der Waals surface area contributed by atoms with Crippen LogP contribution in [0, 0.1) is 5.92 Å². The molecule has 0 amide bonds. The predicted molar refractivity (Wildman–Crippen MR) is 56.8 cm³/mol. The van der Waals surface area contributed by atoms with E-state index in [1.54, 1.807) is 0 Å². The topological polar surface area (TPSA) is 3.24 Å². The summed E-state index contributed by atoms with van der Waals surface area (Å²) in [5, 5.41) is 0. The van der Waals surface area contributed by atoms with Crippen LogP contribution in [0.15, 0.2) is 0 Å². The van der Waals surface area contributed by atoms with Gasteiger partial charge in [0.2, 0.25) is 0 Å². The van der Waals surface area contributed by atoms with E-state index in [4.69, 9.17) is 0 Å². The smallest absolute Gasteiger partial charge is 0.0130 e. The Morgan fingerprint density at radius 2 is 1.46 bits per heavy atom. The van der Waals surface area contributed by atoms with E-state index in [1.165, 1.54) is 25.7 Å². The molecular formula is C12H23N. The van der Waals surface area contributed by atoms with E-state index in [0.29, 0.717) is 5.54 Å². The monoisotopic (exact) mass is 181 g/mol. The first kappa shape index (κ1) is 9.51. The van der Waals surface area contributed by atoms with Crippen molar-refractivity contribution in [2.24, 2.45) is 5.92 Å². The molecule has 3 atom stereocenters. The molecule has 2 heterocycles. The molecule has 0 N–H and O–H groups in total. The second kappa shape index (κ2) is 2.98. The highest BCUT2D eigenvalue weighted by Gasteiger charge is 2.43. The molecule has 2 bridgehead atoms. The molecule has 76 valence electrons. The Kier molecular flexibility index (Phi) is 2.18. The number of fused-ring (bicyclic) bond motifs is 2. The van der Waals surface area contributed by atoms with Gasteiger partial charge in [-0.1, -0.05) is 6.92 Å². The Hall–Kier alpha value is -0.0400. The minimum atomic E-state index is 0.395. The number of rotatable bonds is 0. The van der Waals surface area contributed by atoms with E-state index in [1.807, 2.05) is 0 Å². The maximum absolute atomic E-state index is 2.78. The van der Waals surface area contributed by atoms with E-state index >= 15 is 0 Å². The molecule has 0 aromatic heterocycles. The van der Waals surface area contributed by atoms with Crippen molar-refractivity contribution < 1.29 is 0 Å². The Labute approximate surface area is 82.5 Å². The van der Waals surface area contributed by atoms with Crippen LogP contribution in [-0.4, -0.2) is 22.5 Å². The van der Waals surface area contributed by atoms with Gasteiger partial charge in [-0.15, -0.1) is 0 Å². The van der Waals surface area contributed by atoms with Crippen molar-refractivity contribution in [2.75, 3.05) is 0 Å². The van der Waals surface area contributed by atoms with Crippen LogP contribution < -0.4 is 0 Å². The summed E-state index contributed by atoms with van der Waals surface area (Å²) in [7, 11) is 0. The number of hydrogen-bond acceptors (Lipinski definition) is 1. The van der Waals surface area contributed by atoms with Crippen molar-refractivity contribution in [3.8, 4) is 0 Å². The van der Waals surface area contributed by atoms with Gasteiger partial charge < -0.3 is 0 Å². The Bertz CT molecular complexity index is 178. The third kappa shape index (κ3) is 1.63. The zero-order valence-electron chi connectivity index (χ0n) is 9.51. The van der Waals surface area contributed by atoms with Crippen molar-refractivity contribution in [1.82, 2.24) is 4.90 Å². The van der Waals surface area contributed by atoms with Crippen LogP contribution in [0.1, 0.15) is 53.4 Å². The average molecular weight is 181 g/mol. The maximum atomic E-state index is 2.78. The first-order valence-corrected chi connectivity index (χ1v) is 5.77. The number of piperidine rings is 1. The quantitative estimate of drug-likeness (QED) is 0.555. The minimum absolute atomic E-state index is 0.395. The lowest BCUT2D eigenvalue weighted by atomic mass is 9.88. The highest BCUT2D eigenvalue weighted by atomic mass is 15.3. The third-order valence-corrected chi connectivity index (χ3v) is 3.74. The molecule has 0 aliphatic carbocycles. The summed E-state index contributed by atoms with van der Waals surface area (Å²) >= 11 is 0. The molecule has 1 heteroatoms. The first-order valence-electron chi connectivity index (χ1n) is 5.77. The molecule has 2 aliphatic heterocycles. The van der Waals surface area contributed by atoms with Crippen molar-refractivity contribution in [1.29, 1.82) is 0 Å². The average Bonchev–Trinajstić information content (AvgIpc) is 2.23. The van der Waals surface area contributed by atoms with E-state index in [0.717, 1.165) is 18.0 Å². The molecule has 0 aromatic rings. The van der Waals surface area contributed by atoms with Gasteiger partial charge in [-0.05, 0) is 52.4 Å². The van der Waals surface area contributed by atoms with Crippen molar-refractivity contribution in [2.45, 2.75) is 71.0 Å². The molecule has 1 nitrogen and oxygen atoms in total. The molecule has 1 unspecified atom stereocenters. The molecule has 0 aromatic carbocycles. The second-order valence-electron chi connectivity index (χ2n) is 6.04. The summed E-state index contributed by atoms with van der Waals surface area (Å²) in [5.74, 6) is 0.969. The summed E-state index contributed by atoms with van der Waals surface area (Å²) in [6.45, 7) is 9.53. The lowest BCUT2D eigenvalue weighted by Gasteiger charge is -2.46. The van der Waals surface area contributed by atoms with Gasteiger partial charge in [-0.25, -0.2) is 0 Å². The van der Waals surface area contributed by atoms with Crippen LogP contribution >= 0.6 is 0 Å². The number of hydrogen-bond donors (Lipinski definition) is 0. The maximum Gasteiger partial charge on any atom is 0.0130 e. The normalized spacial score (nSPS) is 41.1. The predicted octanol–water partition coefficient (Wildman–Crippen LogP) is 3.05. The summed E-state index contributed by atoms with van der Waals surface area (Å²) in [6.07, 6.45) is 5.78. The van der Waals surface area contributed by atoms with E-state index in [2.05, 4.69) is 32.6 Å². The van der Waals surface area contributed by atoms with Gasteiger partial charge in [0.25, 0.3) is 0 Å². The van der Waals surface area contributed by atoms with Crippen LogP contribution in [0.3, 0.4) is 0 Å². The fraction of sp³-hybridized carbons (Fsp3) is 1.00. The lowest BCUT2D eigenvalue weighted by Crippen LogP contribution is -2.52. The lowest BCUT2D eigenvalue weighted by molar-refractivity contribution is 0.0258. The summed E-state index contributed by atoms with van der Waals surface area (Å²) in [6, 6.07) is 1.79. The van der Waals surface area contributed by atoms with Gasteiger partial charge in [0.05, 0.1) is 0 Å². The summed E-state index contributed by atoms with van der Waals surface area (Å²) < 4.78 is 0. The SMILES string of the molecule is C[C@@H]1CC2CC[C@H](C1)N2C(C)(C)C. The molecule has 2 saturated heterocycles. The van der Waals surface area contributed by atoms with E-state index in [9.17, 15) is 0 Å². The van der Waals surface area contributed by atoms with Crippen LogP contribution in [-0.2, 0) is 0 Å². The summed E-state index contributed by atoms with van der Waals surface area (Å²) in [4.78, 5) is 2.78. The Morgan fingerprint density at radius 3 is 1.85 bits per heavy atom. The Morgan fingerprint density at radius 1 is 1.00 bits per heavy atom. The molecule has 0 saturated carbocycles. The molecule has 13 heavy (non-hydrogen) atoms. The van der Waals surface area contributed by atoms with E-state index in [-0.39, 0.29) is 0 Å². The van der Waals surface area contributed by atoms with Crippen LogP contribution in [0.5, 0.6) is 0 Å². The van der Waals surface area contributed by atoms with Gasteiger partial charge >= 0.3 is 0 Å². The molecular weight excluding hydrogens is 158 g/mol. The van der Waals surface area contributed by atoms with Gasteiger partial charge in [-0.2, -0.15) is 0 Å². The fourth-order valence-electron chi connectivity index (χ4n) is 3.54. The van der Waals surface area contributed by atoms with Crippen LogP contribution in [0.4, 0.5) is 0 Å². The highest BCUT2D eigenvalue weighted by molar-refractivity contribution is 4.99. The van der Waals surface area contributed by atoms with Crippen LogP contribution in [0.2, 0.25) is 0 Å². The zero-order valence-corrected chi connectivity index (χ0v) is 9.51. The Balaban J connectivity index is 2.15. The first-order chi connectivity index (χ1) is 5.98. The third-order valence-electron chi connectivity index (χ3n) is 3.74. The van der Waals surface area contributed by atoms with E-state index < -0.39 is 0 Å².